The first-order chi connectivity index (χ1) is 10.0. The van der Waals surface area contributed by atoms with Crippen LogP contribution < -0.4 is 15.4 Å². The van der Waals surface area contributed by atoms with Gasteiger partial charge in [-0.1, -0.05) is 13.0 Å². The highest BCUT2D eigenvalue weighted by molar-refractivity contribution is 7.89. The van der Waals surface area contributed by atoms with Crippen molar-refractivity contribution in [2.45, 2.75) is 30.7 Å². The number of carbonyl (C=O) groups excluding carboxylic acids is 1. The first-order valence-corrected chi connectivity index (χ1v) is 8.62. The van der Waals surface area contributed by atoms with Gasteiger partial charge in [-0.05, 0) is 37.6 Å². The van der Waals surface area contributed by atoms with E-state index in [0.29, 0.717) is 12.1 Å². The summed E-state index contributed by atoms with van der Waals surface area (Å²) in [4.78, 5) is 12.3. The van der Waals surface area contributed by atoms with Gasteiger partial charge in [0.1, 0.15) is 0 Å². The summed E-state index contributed by atoms with van der Waals surface area (Å²) in [5, 5.41) is 6.15. The van der Waals surface area contributed by atoms with Gasteiger partial charge in [-0.25, -0.2) is 13.1 Å². The van der Waals surface area contributed by atoms with Crippen molar-refractivity contribution in [3.8, 4) is 0 Å². The van der Waals surface area contributed by atoms with Crippen LogP contribution in [0.4, 0.5) is 0 Å². The Morgan fingerprint density at radius 1 is 1.43 bits per heavy atom. The highest BCUT2D eigenvalue weighted by Crippen LogP contribution is 2.12. The molecule has 6 nitrogen and oxygen atoms in total. The van der Waals surface area contributed by atoms with E-state index in [1.54, 1.807) is 19.1 Å². The molecule has 1 amide bonds. The van der Waals surface area contributed by atoms with Crippen LogP contribution in [0.1, 0.15) is 30.1 Å². The van der Waals surface area contributed by atoms with E-state index in [1.807, 2.05) is 0 Å². The molecule has 0 radical (unpaired) electrons. The lowest BCUT2D eigenvalue weighted by atomic mass is 10.1. The number of hydrogen-bond donors (Lipinski definition) is 3. The average molecular weight is 311 g/mol. The van der Waals surface area contributed by atoms with Crippen LogP contribution in [0.2, 0.25) is 0 Å². The fourth-order valence-corrected chi connectivity index (χ4v) is 3.41. The molecule has 0 unspecified atom stereocenters. The maximum absolute atomic E-state index is 12.2. The fraction of sp³-hybridized carbons (Fsp3) is 0.500. The second-order valence-electron chi connectivity index (χ2n) is 5.05. The fourth-order valence-electron chi connectivity index (χ4n) is 2.32. The molecule has 0 bridgehead atoms. The van der Waals surface area contributed by atoms with E-state index in [0.717, 1.165) is 25.9 Å². The van der Waals surface area contributed by atoms with Gasteiger partial charge in [0, 0.05) is 24.7 Å². The van der Waals surface area contributed by atoms with Gasteiger partial charge in [0.05, 0.1) is 4.90 Å². The summed E-state index contributed by atoms with van der Waals surface area (Å²) < 4.78 is 26.3. The number of sulfonamides is 1. The number of piperidine rings is 1. The van der Waals surface area contributed by atoms with Crippen LogP contribution in [0.3, 0.4) is 0 Å². The molecule has 7 heteroatoms. The monoisotopic (exact) mass is 311 g/mol. The Morgan fingerprint density at radius 2 is 2.24 bits per heavy atom. The largest absolute Gasteiger partial charge is 0.348 e. The number of benzene rings is 1. The van der Waals surface area contributed by atoms with Crippen LogP contribution in [-0.4, -0.2) is 40.0 Å². The van der Waals surface area contributed by atoms with Gasteiger partial charge in [0.15, 0.2) is 0 Å². The molecule has 1 saturated heterocycles. The van der Waals surface area contributed by atoms with Crippen LogP contribution >= 0.6 is 0 Å². The highest BCUT2D eigenvalue weighted by Gasteiger charge is 2.18. The summed E-state index contributed by atoms with van der Waals surface area (Å²) in [6.07, 6.45) is 1.97. The maximum atomic E-state index is 12.2. The minimum Gasteiger partial charge on any atom is -0.348 e. The van der Waals surface area contributed by atoms with E-state index in [1.165, 1.54) is 12.1 Å². The summed E-state index contributed by atoms with van der Waals surface area (Å²) in [7, 11) is -3.54. The van der Waals surface area contributed by atoms with Crippen molar-refractivity contribution in [3.63, 3.8) is 0 Å². The Labute approximate surface area is 125 Å². The van der Waals surface area contributed by atoms with Crippen LogP contribution in [0.5, 0.6) is 0 Å². The van der Waals surface area contributed by atoms with Gasteiger partial charge in [-0.15, -0.1) is 0 Å². The summed E-state index contributed by atoms with van der Waals surface area (Å²) in [6.45, 7) is 3.75. The van der Waals surface area contributed by atoms with Gasteiger partial charge in [-0.3, -0.25) is 4.79 Å². The van der Waals surface area contributed by atoms with E-state index in [9.17, 15) is 13.2 Å². The minimum absolute atomic E-state index is 0.0975. The van der Waals surface area contributed by atoms with Crippen LogP contribution in [0.25, 0.3) is 0 Å². The lowest BCUT2D eigenvalue weighted by molar-refractivity contribution is 0.0930. The van der Waals surface area contributed by atoms with E-state index >= 15 is 0 Å². The SMILES string of the molecule is CCNS(=O)(=O)c1cccc(C(=O)N[C@H]2CCCNC2)c1. The zero-order chi connectivity index (χ0) is 15.3. The van der Waals surface area contributed by atoms with Crippen LogP contribution in [0, 0.1) is 0 Å². The third kappa shape index (κ3) is 4.26. The molecule has 1 heterocycles. The molecular weight excluding hydrogens is 290 g/mol. The van der Waals surface area contributed by atoms with Gasteiger partial charge in [0.25, 0.3) is 5.91 Å². The predicted molar refractivity (Wildman–Crippen MR) is 80.7 cm³/mol. The average Bonchev–Trinajstić information content (AvgIpc) is 2.48. The number of rotatable bonds is 5. The van der Waals surface area contributed by atoms with Crippen molar-refractivity contribution in [3.05, 3.63) is 29.8 Å². The molecule has 21 heavy (non-hydrogen) atoms. The van der Waals surface area contributed by atoms with Crippen molar-refractivity contribution in [2.75, 3.05) is 19.6 Å². The van der Waals surface area contributed by atoms with Crippen LogP contribution in [-0.2, 0) is 10.0 Å². The van der Waals surface area contributed by atoms with Gasteiger partial charge >= 0.3 is 0 Å². The number of hydrogen-bond acceptors (Lipinski definition) is 4. The molecule has 0 saturated carbocycles. The van der Waals surface area contributed by atoms with E-state index in [4.69, 9.17) is 0 Å². The molecule has 1 aromatic rings. The first-order valence-electron chi connectivity index (χ1n) is 7.14. The Hall–Kier alpha value is -1.44. The molecule has 0 aliphatic carbocycles. The predicted octanol–water partition coefficient (Wildman–Crippen LogP) is 0.467. The van der Waals surface area contributed by atoms with Crippen LogP contribution in [0.15, 0.2) is 29.2 Å². The third-order valence-electron chi connectivity index (χ3n) is 3.37. The molecule has 1 aliphatic rings. The molecule has 1 fully saturated rings. The standard InChI is InChI=1S/C14H21N3O3S/c1-2-16-21(19,20)13-7-3-5-11(9-13)14(18)17-12-6-4-8-15-10-12/h3,5,7,9,12,15-16H,2,4,6,8,10H2,1H3,(H,17,18)/t12-/m0/s1. The Balaban J connectivity index is 2.11. The molecule has 116 valence electrons. The minimum atomic E-state index is -3.54. The second-order valence-corrected chi connectivity index (χ2v) is 6.81. The second kappa shape index (κ2) is 7.02. The number of carbonyl (C=O) groups is 1. The van der Waals surface area contributed by atoms with Gasteiger partial charge in [0.2, 0.25) is 10.0 Å². The highest BCUT2D eigenvalue weighted by atomic mass is 32.2. The summed E-state index contributed by atoms with van der Waals surface area (Å²) in [5.41, 5.74) is 0.361. The molecular formula is C14H21N3O3S. The van der Waals surface area contributed by atoms with Crippen molar-refractivity contribution < 1.29 is 13.2 Å². The third-order valence-corrected chi connectivity index (χ3v) is 4.92. The number of amides is 1. The molecule has 1 atom stereocenters. The van der Waals surface area contributed by atoms with E-state index in [-0.39, 0.29) is 16.8 Å². The Bertz CT molecular complexity index is 595. The molecule has 0 aromatic heterocycles. The van der Waals surface area contributed by atoms with Crippen molar-refractivity contribution >= 4 is 15.9 Å². The zero-order valence-electron chi connectivity index (χ0n) is 12.1. The summed E-state index contributed by atoms with van der Waals surface area (Å²) in [6, 6.07) is 6.19. The van der Waals surface area contributed by atoms with Gasteiger partial charge < -0.3 is 10.6 Å². The molecule has 3 N–H and O–H groups in total. The molecule has 1 aliphatic heterocycles. The van der Waals surface area contributed by atoms with E-state index in [2.05, 4.69) is 15.4 Å². The van der Waals surface area contributed by atoms with Crippen molar-refractivity contribution in [1.29, 1.82) is 0 Å². The smallest absolute Gasteiger partial charge is 0.251 e. The van der Waals surface area contributed by atoms with E-state index < -0.39 is 10.0 Å². The number of nitrogens with one attached hydrogen (secondary N) is 3. The quantitative estimate of drug-likeness (QED) is 0.737. The summed E-state index contributed by atoms with van der Waals surface area (Å²) >= 11 is 0. The maximum Gasteiger partial charge on any atom is 0.251 e. The summed E-state index contributed by atoms with van der Waals surface area (Å²) in [5.74, 6) is -0.239. The topological polar surface area (TPSA) is 87.3 Å². The Morgan fingerprint density at radius 3 is 2.90 bits per heavy atom. The normalized spacial score (nSPS) is 19.2. The van der Waals surface area contributed by atoms with Gasteiger partial charge in [-0.2, -0.15) is 0 Å². The lowest BCUT2D eigenvalue weighted by Gasteiger charge is -2.23. The zero-order valence-corrected chi connectivity index (χ0v) is 12.9. The first kappa shape index (κ1) is 15.9. The Kier molecular flexibility index (Phi) is 5.33. The van der Waals surface area contributed by atoms with Crippen molar-refractivity contribution in [1.82, 2.24) is 15.4 Å². The lowest BCUT2D eigenvalue weighted by Crippen LogP contribution is -2.45. The molecule has 1 aromatic carbocycles. The molecule has 0 spiro atoms. The van der Waals surface area contributed by atoms with Crippen molar-refractivity contribution in [2.24, 2.45) is 0 Å². The molecule has 2 rings (SSSR count).